The first kappa shape index (κ1) is 12.0. The monoisotopic (exact) mass is 254 g/mol. The van der Waals surface area contributed by atoms with Crippen LogP contribution in [0.2, 0.25) is 0 Å². The van der Waals surface area contributed by atoms with Crippen LogP contribution >= 0.6 is 0 Å². The van der Waals surface area contributed by atoms with E-state index >= 15 is 0 Å². The van der Waals surface area contributed by atoms with Crippen LogP contribution in [0.3, 0.4) is 0 Å². The quantitative estimate of drug-likeness (QED) is 0.912. The van der Waals surface area contributed by atoms with Crippen LogP contribution in [0.25, 0.3) is 11.1 Å². The predicted octanol–water partition coefficient (Wildman–Crippen LogP) is 3.29. The molecule has 0 radical (unpaired) electrons. The van der Waals surface area contributed by atoms with E-state index < -0.39 is 0 Å². The lowest BCUT2D eigenvalue weighted by Crippen LogP contribution is -1.96. The maximum atomic E-state index is 5.21. The smallest absolute Gasteiger partial charge is 0.213 e. The topological polar surface area (TPSA) is 34.2 Å². The molecule has 1 aromatic carbocycles. The molecule has 1 heterocycles. The number of pyridine rings is 1. The lowest BCUT2D eigenvalue weighted by atomic mass is 9.99. The maximum absolute atomic E-state index is 5.21. The average molecular weight is 254 g/mol. The van der Waals surface area contributed by atoms with Crippen LogP contribution < -0.4 is 10.1 Å². The number of hydrogen-bond donors (Lipinski definition) is 1. The van der Waals surface area contributed by atoms with Crippen LogP contribution in [0.5, 0.6) is 5.88 Å². The molecule has 1 aliphatic rings. The van der Waals surface area contributed by atoms with Crippen molar-refractivity contribution in [2.75, 3.05) is 19.5 Å². The van der Waals surface area contributed by atoms with Crippen molar-refractivity contribution in [3.05, 3.63) is 41.6 Å². The minimum Gasteiger partial charge on any atom is -0.481 e. The third-order valence-corrected chi connectivity index (χ3v) is 3.76. The Morgan fingerprint density at radius 1 is 1.16 bits per heavy atom. The van der Waals surface area contributed by atoms with Crippen LogP contribution in [0.1, 0.15) is 17.5 Å². The predicted molar refractivity (Wildman–Crippen MR) is 77.8 cm³/mol. The van der Waals surface area contributed by atoms with Crippen LogP contribution in [0.4, 0.5) is 5.69 Å². The van der Waals surface area contributed by atoms with E-state index in [0.717, 1.165) is 5.56 Å². The molecule has 1 aliphatic carbocycles. The molecule has 0 atom stereocenters. The van der Waals surface area contributed by atoms with Crippen molar-refractivity contribution in [3.8, 4) is 17.0 Å². The normalized spacial score (nSPS) is 13.2. The van der Waals surface area contributed by atoms with Gasteiger partial charge >= 0.3 is 0 Å². The molecular weight excluding hydrogens is 236 g/mol. The van der Waals surface area contributed by atoms with Crippen molar-refractivity contribution in [1.29, 1.82) is 0 Å². The van der Waals surface area contributed by atoms with Gasteiger partial charge in [0.1, 0.15) is 0 Å². The van der Waals surface area contributed by atoms with Gasteiger partial charge in [-0.25, -0.2) is 4.98 Å². The Balaban J connectivity index is 2.12. The Hall–Kier alpha value is -2.03. The molecule has 3 rings (SSSR count). The van der Waals surface area contributed by atoms with Crippen molar-refractivity contribution in [3.63, 3.8) is 0 Å². The van der Waals surface area contributed by atoms with E-state index in [0.29, 0.717) is 5.88 Å². The van der Waals surface area contributed by atoms with Crippen LogP contribution in [-0.2, 0) is 12.8 Å². The number of nitrogens with one attached hydrogen (secondary N) is 1. The van der Waals surface area contributed by atoms with E-state index in [1.54, 1.807) is 13.3 Å². The molecule has 0 saturated carbocycles. The van der Waals surface area contributed by atoms with Crippen LogP contribution in [0, 0.1) is 0 Å². The zero-order chi connectivity index (χ0) is 13.2. The summed E-state index contributed by atoms with van der Waals surface area (Å²) in [7, 11) is 3.62. The van der Waals surface area contributed by atoms with Gasteiger partial charge in [0.25, 0.3) is 0 Å². The maximum Gasteiger partial charge on any atom is 0.213 e. The molecule has 0 aliphatic heterocycles. The van der Waals surface area contributed by atoms with Gasteiger partial charge in [0.2, 0.25) is 5.88 Å². The Kier molecular flexibility index (Phi) is 3.11. The molecule has 3 nitrogen and oxygen atoms in total. The highest BCUT2D eigenvalue weighted by atomic mass is 16.5. The van der Waals surface area contributed by atoms with E-state index in [1.807, 2.05) is 19.2 Å². The Morgan fingerprint density at radius 2 is 1.95 bits per heavy atom. The minimum atomic E-state index is 0.653. The minimum absolute atomic E-state index is 0.653. The van der Waals surface area contributed by atoms with Gasteiger partial charge in [-0.2, -0.15) is 0 Å². The van der Waals surface area contributed by atoms with E-state index in [1.165, 1.54) is 41.6 Å². The second kappa shape index (κ2) is 4.92. The standard InChI is InChI=1S/C16H18N2O/c1-17-15-9-12-5-3-4-11(12)8-14(15)13-6-7-18-16(10-13)19-2/h6-10,17H,3-5H2,1-2H3. The third kappa shape index (κ3) is 2.16. The Labute approximate surface area is 113 Å². The van der Waals surface area contributed by atoms with E-state index in [2.05, 4.69) is 22.4 Å². The third-order valence-electron chi connectivity index (χ3n) is 3.76. The molecule has 3 heteroatoms. The molecule has 0 spiro atoms. The largest absolute Gasteiger partial charge is 0.481 e. The van der Waals surface area contributed by atoms with Gasteiger partial charge in [-0.05, 0) is 54.2 Å². The highest BCUT2D eigenvalue weighted by molar-refractivity contribution is 5.79. The molecule has 0 saturated heterocycles. The zero-order valence-corrected chi connectivity index (χ0v) is 11.4. The number of hydrogen-bond acceptors (Lipinski definition) is 3. The Bertz CT molecular complexity index is 608. The van der Waals surface area contributed by atoms with Gasteiger partial charge in [0.15, 0.2) is 0 Å². The number of rotatable bonds is 3. The summed E-state index contributed by atoms with van der Waals surface area (Å²) in [5.74, 6) is 0.653. The van der Waals surface area contributed by atoms with Gasteiger partial charge < -0.3 is 10.1 Å². The number of methoxy groups -OCH3 is 1. The fourth-order valence-electron chi connectivity index (χ4n) is 2.76. The molecule has 98 valence electrons. The van der Waals surface area contributed by atoms with Crippen molar-refractivity contribution in [2.45, 2.75) is 19.3 Å². The number of aryl methyl sites for hydroxylation is 2. The molecule has 0 fully saturated rings. The summed E-state index contributed by atoms with van der Waals surface area (Å²) in [5.41, 5.74) is 6.50. The molecule has 1 aromatic heterocycles. The fourth-order valence-corrected chi connectivity index (χ4v) is 2.76. The van der Waals surface area contributed by atoms with E-state index in [4.69, 9.17) is 4.74 Å². The summed E-state index contributed by atoms with van der Waals surface area (Å²) in [6.07, 6.45) is 5.45. The number of anilines is 1. The zero-order valence-electron chi connectivity index (χ0n) is 11.4. The highest BCUT2D eigenvalue weighted by Crippen LogP contribution is 2.35. The first-order valence-corrected chi connectivity index (χ1v) is 6.66. The summed E-state index contributed by atoms with van der Waals surface area (Å²) in [5, 5.41) is 3.30. The fraction of sp³-hybridized carbons (Fsp3) is 0.312. The van der Waals surface area contributed by atoms with Gasteiger partial charge in [0, 0.05) is 30.6 Å². The van der Waals surface area contributed by atoms with Gasteiger partial charge in [-0.1, -0.05) is 0 Å². The summed E-state index contributed by atoms with van der Waals surface area (Å²) in [6, 6.07) is 8.60. The second-order valence-corrected chi connectivity index (χ2v) is 4.86. The van der Waals surface area contributed by atoms with Gasteiger partial charge in [-0.15, -0.1) is 0 Å². The van der Waals surface area contributed by atoms with E-state index in [-0.39, 0.29) is 0 Å². The number of ether oxygens (including phenoxy) is 1. The van der Waals surface area contributed by atoms with E-state index in [9.17, 15) is 0 Å². The molecule has 0 bridgehead atoms. The van der Waals surface area contributed by atoms with Crippen LogP contribution in [-0.4, -0.2) is 19.1 Å². The second-order valence-electron chi connectivity index (χ2n) is 4.86. The van der Waals surface area contributed by atoms with Gasteiger partial charge in [0.05, 0.1) is 7.11 Å². The van der Waals surface area contributed by atoms with Crippen molar-refractivity contribution in [1.82, 2.24) is 4.98 Å². The summed E-state index contributed by atoms with van der Waals surface area (Å²) in [4.78, 5) is 4.17. The van der Waals surface area contributed by atoms with Gasteiger partial charge in [-0.3, -0.25) is 0 Å². The Morgan fingerprint density at radius 3 is 2.68 bits per heavy atom. The van der Waals surface area contributed by atoms with Crippen molar-refractivity contribution >= 4 is 5.69 Å². The molecular formula is C16H18N2O. The molecule has 1 N–H and O–H groups in total. The first-order valence-electron chi connectivity index (χ1n) is 6.66. The number of nitrogens with zero attached hydrogens (tertiary/aromatic N) is 1. The first-order chi connectivity index (χ1) is 9.31. The summed E-state index contributed by atoms with van der Waals surface area (Å²) < 4.78 is 5.21. The molecule has 2 aromatic rings. The van der Waals surface area contributed by atoms with Crippen LogP contribution in [0.15, 0.2) is 30.5 Å². The van der Waals surface area contributed by atoms with Crippen molar-refractivity contribution < 1.29 is 4.74 Å². The highest BCUT2D eigenvalue weighted by Gasteiger charge is 2.15. The average Bonchev–Trinajstić information content (AvgIpc) is 2.93. The number of benzene rings is 1. The molecule has 0 amide bonds. The molecule has 19 heavy (non-hydrogen) atoms. The lowest BCUT2D eigenvalue weighted by molar-refractivity contribution is 0.398. The summed E-state index contributed by atoms with van der Waals surface area (Å²) >= 11 is 0. The van der Waals surface area contributed by atoms with Crippen molar-refractivity contribution in [2.24, 2.45) is 0 Å². The molecule has 0 unspecified atom stereocenters. The SMILES string of the molecule is CNc1cc2c(cc1-c1ccnc(OC)c1)CCC2. The number of aromatic nitrogens is 1. The summed E-state index contributed by atoms with van der Waals surface area (Å²) in [6.45, 7) is 0. The lowest BCUT2D eigenvalue weighted by Gasteiger charge is -2.13. The number of fused-ring (bicyclic) bond motifs is 1.